The summed E-state index contributed by atoms with van der Waals surface area (Å²) >= 11 is 0. The van der Waals surface area contributed by atoms with Crippen LogP contribution in [0.15, 0.2) is 30.3 Å². The van der Waals surface area contributed by atoms with E-state index < -0.39 is 0 Å². The molecule has 5 nitrogen and oxygen atoms in total. The van der Waals surface area contributed by atoms with E-state index in [0.29, 0.717) is 13.2 Å². The van der Waals surface area contributed by atoms with Gasteiger partial charge in [-0.2, -0.15) is 0 Å². The SMILES string of the molecule is CC(C)N(C(=O)OCc1ccccc1)C1CCN(CCO)C1. The third-order valence-corrected chi connectivity index (χ3v) is 4.03. The highest BCUT2D eigenvalue weighted by Crippen LogP contribution is 2.19. The van der Waals surface area contributed by atoms with Crippen molar-refractivity contribution in [3.63, 3.8) is 0 Å². The van der Waals surface area contributed by atoms with Crippen LogP contribution in [-0.4, -0.2) is 59.3 Å². The molecule has 5 heteroatoms. The van der Waals surface area contributed by atoms with E-state index in [1.165, 1.54) is 0 Å². The summed E-state index contributed by atoms with van der Waals surface area (Å²) in [6.07, 6.45) is 0.674. The van der Waals surface area contributed by atoms with Crippen LogP contribution in [-0.2, 0) is 11.3 Å². The highest BCUT2D eigenvalue weighted by molar-refractivity contribution is 5.68. The molecule has 0 saturated carbocycles. The summed E-state index contributed by atoms with van der Waals surface area (Å²) in [5.74, 6) is 0. The Labute approximate surface area is 132 Å². The van der Waals surface area contributed by atoms with Crippen molar-refractivity contribution in [3.05, 3.63) is 35.9 Å². The van der Waals surface area contributed by atoms with Gasteiger partial charge in [-0.05, 0) is 25.8 Å². The molecule has 0 bridgehead atoms. The molecule has 1 aromatic rings. The van der Waals surface area contributed by atoms with Crippen molar-refractivity contribution in [1.82, 2.24) is 9.80 Å². The van der Waals surface area contributed by atoms with E-state index in [-0.39, 0.29) is 24.8 Å². The van der Waals surface area contributed by atoms with Crippen LogP contribution in [0.4, 0.5) is 4.79 Å². The smallest absolute Gasteiger partial charge is 0.410 e. The van der Waals surface area contributed by atoms with Crippen LogP contribution >= 0.6 is 0 Å². The number of aliphatic hydroxyl groups is 1. The monoisotopic (exact) mass is 306 g/mol. The fourth-order valence-corrected chi connectivity index (χ4v) is 2.96. The predicted molar refractivity (Wildman–Crippen MR) is 85.5 cm³/mol. The van der Waals surface area contributed by atoms with Gasteiger partial charge in [0.2, 0.25) is 0 Å². The van der Waals surface area contributed by atoms with Crippen molar-refractivity contribution in [2.24, 2.45) is 0 Å². The number of β-amino-alcohol motifs (C(OH)–C–C–N with tert-alkyl or cyclic N) is 1. The highest BCUT2D eigenvalue weighted by Gasteiger charge is 2.32. The molecular weight excluding hydrogens is 280 g/mol. The third kappa shape index (κ3) is 4.45. The first kappa shape index (κ1) is 16.8. The zero-order valence-corrected chi connectivity index (χ0v) is 13.4. The Hall–Kier alpha value is -1.59. The summed E-state index contributed by atoms with van der Waals surface area (Å²) in [6.45, 7) is 6.88. The Kier molecular flexibility index (Phi) is 6.21. The number of ether oxygens (including phenoxy) is 1. The van der Waals surface area contributed by atoms with Crippen LogP contribution in [0, 0.1) is 0 Å². The second-order valence-electron chi connectivity index (χ2n) is 6.01. The second-order valence-corrected chi connectivity index (χ2v) is 6.01. The number of aliphatic hydroxyl groups excluding tert-OH is 1. The van der Waals surface area contributed by atoms with Gasteiger partial charge < -0.3 is 14.7 Å². The number of carbonyl (C=O) groups is 1. The lowest BCUT2D eigenvalue weighted by Gasteiger charge is -2.32. The van der Waals surface area contributed by atoms with E-state index in [1.807, 2.05) is 49.1 Å². The minimum absolute atomic E-state index is 0.0994. The zero-order chi connectivity index (χ0) is 15.9. The molecule has 1 heterocycles. The molecule has 0 spiro atoms. The topological polar surface area (TPSA) is 53.0 Å². The van der Waals surface area contributed by atoms with Gasteiger partial charge in [0, 0.05) is 31.7 Å². The number of rotatable bonds is 6. The fourth-order valence-electron chi connectivity index (χ4n) is 2.96. The van der Waals surface area contributed by atoms with Crippen LogP contribution in [0.25, 0.3) is 0 Å². The lowest BCUT2D eigenvalue weighted by Crippen LogP contribution is -2.46. The Morgan fingerprint density at radius 1 is 1.41 bits per heavy atom. The Morgan fingerprint density at radius 3 is 2.77 bits per heavy atom. The van der Waals surface area contributed by atoms with Gasteiger partial charge in [-0.3, -0.25) is 4.90 Å². The van der Waals surface area contributed by atoms with Crippen molar-refractivity contribution in [2.75, 3.05) is 26.2 Å². The normalized spacial score (nSPS) is 18.6. The largest absolute Gasteiger partial charge is 0.445 e. The van der Waals surface area contributed by atoms with Crippen LogP contribution in [0.1, 0.15) is 25.8 Å². The molecule has 0 radical (unpaired) electrons. The summed E-state index contributed by atoms with van der Waals surface area (Å²) in [5, 5.41) is 9.03. The van der Waals surface area contributed by atoms with Gasteiger partial charge in [-0.15, -0.1) is 0 Å². The van der Waals surface area contributed by atoms with Crippen LogP contribution in [0.3, 0.4) is 0 Å². The van der Waals surface area contributed by atoms with Crippen molar-refractivity contribution < 1.29 is 14.6 Å². The lowest BCUT2D eigenvalue weighted by atomic mass is 10.2. The molecule has 122 valence electrons. The van der Waals surface area contributed by atoms with Gasteiger partial charge in [0.1, 0.15) is 6.61 Å². The Bertz CT molecular complexity index is 464. The van der Waals surface area contributed by atoms with Gasteiger partial charge in [0.05, 0.1) is 6.61 Å². The predicted octanol–water partition coefficient (Wildman–Crippen LogP) is 2.10. The minimum atomic E-state index is -0.255. The summed E-state index contributed by atoms with van der Waals surface area (Å²) in [6, 6.07) is 9.98. The molecular formula is C17H26N2O3. The molecule has 0 aliphatic carbocycles. The quantitative estimate of drug-likeness (QED) is 0.874. The number of nitrogens with zero attached hydrogens (tertiary/aromatic N) is 2. The molecule has 2 rings (SSSR count). The van der Waals surface area contributed by atoms with Gasteiger partial charge in [-0.1, -0.05) is 30.3 Å². The van der Waals surface area contributed by atoms with E-state index in [2.05, 4.69) is 4.90 Å². The Morgan fingerprint density at radius 2 is 2.14 bits per heavy atom. The molecule has 22 heavy (non-hydrogen) atoms. The third-order valence-electron chi connectivity index (χ3n) is 4.03. The van der Waals surface area contributed by atoms with Gasteiger partial charge >= 0.3 is 6.09 Å². The van der Waals surface area contributed by atoms with Crippen molar-refractivity contribution in [1.29, 1.82) is 0 Å². The zero-order valence-electron chi connectivity index (χ0n) is 13.4. The first-order valence-electron chi connectivity index (χ1n) is 7.94. The van der Waals surface area contributed by atoms with Crippen molar-refractivity contribution in [2.45, 2.75) is 39.0 Å². The van der Waals surface area contributed by atoms with E-state index in [4.69, 9.17) is 9.84 Å². The average Bonchev–Trinajstić information content (AvgIpc) is 2.94. The first-order chi connectivity index (χ1) is 10.6. The first-order valence-corrected chi connectivity index (χ1v) is 7.94. The van der Waals surface area contributed by atoms with Crippen molar-refractivity contribution in [3.8, 4) is 0 Å². The van der Waals surface area contributed by atoms with Crippen LogP contribution in [0.2, 0.25) is 0 Å². The molecule has 1 unspecified atom stereocenters. The molecule has 1 aliphatic heterocycles. The second kappa shape index (κ2) is 8.15. The molecule has 1 N–H and O–H groups in total. The van der Waals surface area contributed by atoms with E-state index >= 15 is 0 Å². The van der Waals surface area contributed by atoms with E-state index in [1.54, 1.807) is 0 Å². The highest BCUT2D eigenvalue weighted by atomic mass is 16.6. The lowest BCUT2D eigenvalue weighted by molar-refractivity contribution is 0.0680. The number of likely N-dealkylation sites (tertiary alicyclic amines) is 1. The summed E-state index contributed by atoms with van der Waals surface area (Å²) in [5.41, 5.74) is 0.993. The van der Waals surface area contributed by atoms with Crippen molar-refractivity contribution >= 4 is 6.09 Å². The van der Waals surface area contributed by atoms with E-state index in [9.17, 15) is 4.79 Å². The van der Waals surface area contributed by atoms with Crippen LogP contribution in [0.5, 0.6) is 0 Å². The maximum Gasteiger partial charge on any atom is 0.410 e. The fraction of sp³-hybridized carbons (Fsp3) is 0.588. The van der Waals surface area contributed by atoms with E-state index in [0.717, 1.165) is 25.1 Å². The van der Waals surface area contributed by atoms with Gasteiger partial charge in [0.25, 0.3) is 0 Å². The molecule has 0 aromatic heterocycles. The van der Waals surface area contributed by atoms with Gasteiger partial charge in [-0.25, -0.2) is 4.79 Å². The summed E-state index contributed by atoms with van der Waals surface area (Å²) < 4.78 is 5.48. The number of carbonyl (C=O) groups excluding carboxylic acids is 1. The standard InChI is InChI=1S/C17H26N2O3/c1-14(2)19(16-8-9-18(12-16)10-11-20)17(21)22-13-15-6-4-3-5-7-15/h3-7,14,16,20H,8-13H2,1-2H3. The Balaban J connectivity index is 1.91. The molecule has 1 fully saturated rings. The number of hydrogen-bond donors (Lipinski definition) is 1. The number of hydrogen-bond acceptors (Lipinski definition) is 4. The summed E-state index contributed by atoms with van der Waals surface area (Å²) in [7, 11) is 0. The van der Waals surface area contributed by atoms with Gasteiger partial charge in [0.15, 0.2) is 0 Å². The maximum absolute atomic E-state index is 12.4. The minimum Gasteiger partial charge on any atom is -0.445 e. The molecule has 1 atom stereocenters. The molecule has 1 aromatic carbocycles. The summed E-state index contributed by atoms with van der Waals surface area (Å²) in [4.78, 5) is 16.5. The number of benzene rings is 1. The number of amides is 1. The molecule has 1 saturated heterocycles. The molecule has 1 amide bonds. The molecule has 1 aliphatic rings. The maximum atomic E-state index is 12.4. The average molecular weight is 306 g/mol. The van der Waals surface area contributed by atoms with Crippen LogP contribution < -0.4 is 0 Å².